The smallest absolute Gasteiger partial charge is 0.120 e. The summed E-state index contributed by atoms with van der Waals surface area (Å²) in [7, 11) is 0. The van der Waals surface area contributed by atoms with Crippen molar-refractivity contribution in [3.05, 3.63) is 53.6 Å². The molecule has 1 heterocycles. The maximum Gasteiger partial charge on any atom is 0.120 e. The highest BCUT2D eigenvalue weighted by Crippen LogP contribution is 2.24. The largest absolute Gasteiger partial charge is 0.363 e. The highest BCUT2D eigenvalue weighted by Gasteiger charge is 2.11. The van der Waals surface area contributed by atoms with Crippen LogP contribution >= 0.6 is 11.6 Å². The van der Waals surface area contributed by atoms with Crippen LogP contribution in [0.3, 0.4) is 0 Å². The molecule has 1 unspecified atom stereocenters. The number of hydrogen-bond donors (Lipinski definition) is 1. The van der Waals surface area contributed by atoms with E-state index in [0.717, 1.165) is 16.7 Å². The zero-order valence-electron chi connectivity index (χ0n) is 10.4. The van der Waals surface area contributed by atoms with Crippen LogP contribution in [0.4, 0.5) is 5.69 Å². The molecule has 0 bridgehead atoms. The fourth-order valence-corrected chi connectivity index (χ4v) is 2.23. The summed E-state index contributed by atoms with van der Waals surface area (Å²) < 4.78 is 1.85. The Balaban J connectivity index is 1.92. The van der Waals surface area contributed by atoms with Gasteiger partial charge in [-0.25, -0.2) is 4.68 Å². The predicted molar refractivity (Wildman–Crippen MR) is 77.3 cm³/mol. The normalized spacial score (nSPS) is 12.5. The molecule has 0 aliphatic heterocycles. The van der Waals surface area contributed by atoms with Crippen molar-refractivity contribution in [2.45, 2.75) is 13.1 Å². The second-order valence-electron chi connectivity index (χ2n) is 4.32. The molecule has 0 saturated heterocycles. The first-order valence-corrected chi connectivity index (χ1v) is 6.44. The third kappa shape index (κ3) is 2.27. The van der Waals surface area contributed by atoms with Crippen LogP contribution in [0.25, 0.3) is 11.0 Å². The third-order valence-corrected chi connectivity index (χ3v) is 3.31. The molecule has 3 rings (SSSR count). The molecule has 1 atom stereocenters. The molecule has 0 aliphatic rings. The first-order valence-electron chi connectivity index (χ1n) is 6.07. The van der Waals surface area contributed by atoms with Crippen molar-refractivity contribution in [1.29, 1.82) is 0 Å². The Morgan fingerprint density at radius 3 is 2.68 bits per heavy atom. The van der Waals surface area contributed by atoms with Crippen LogP contribution in [0, 0.1) is 0 Å². The van der Waals surface area contributed by atoms with Crippen LogP contribution in [0.5, 0.6) is 0 Å². The molecule has 96 valence electrons. The Labute approximate surface area is 116 Å². The van der Waals surface area contributed by atoms with E-state index in [1.54, 1.807) is 0 Å². The molecular formula is C14H13ClN4. The van der Waals surface area contributed by atoms with Crippen LogP contribution in [0.2, 0.25) is 5.02 Å². The van der Waals surface area contributed by atoms with Crippen molar-refractivity contribution in [2.75, 3.05) is 5.32 Å². The number of benzene rings is 2. The van der Waals surface area contributed by atoms with Gasteiger partial charge in [-0.15, -0.1) is 5.10 Å². The maximum atomic E-state index is 6.14. The summed E-state index contributed by atoms with van der Waals surface area (Å²) in [4.78, 5) is 0. The molecule has 0 radical (unpaired) electrons. The number of rotatable bonds is 3. The highest BCUT2D eigenvalue weighted by molar-refractivity contribution is 6.33. The average molecular weight is 273 g/mol. The number of fused-ring (bicyclic) bond motifs is 1. The van der Waals surface area contributed by atoms with Crippen LogP contribution in [0.15, 0.2) is 48.5 Å². The topological polar surface area (TPSA) is 42.7 Å². The van der Waals surface area contributed by atoms with E-state index in [-0.39, 0.29) is 6.17 Å². The lowest BCUT2D eigenvalue weighted by molar-refractivity contribution is 0.542. The first kappa shape index (κ1) is 12.0. The maximum absolute atomic E-state index is 6.14. The minimum atomic E-state index is -0.0349. The lowest BCUT2D eigenvalue weighted by Crippen LogP contribution is -2.16. The summed E-state index contributed by atoms with van der Waals surface area (Å²) >= 11 is 6.14. The van der Waals surface area contributed by atoms with Gasteiger partial charge in [0.15, 0.2) is 0 Å². The second kappa shape index (κ2) is 4.90. The number of anilines is 1. The number of nitrogens with one attached hydrogen (secondary N) is 1. The minimum Gasteiger partial charge on any atom is -0.363 e. The first-order chi connectivity index (χ1) is 9.25. The highest BCUT2D eigenvalue weighted by atomic mass is 35.5. The number of para-hydroxylation sites is 2. The van der Waals surface area contributed by atoms with Gasteiger partial charge in [-0.1, -0.05) is 41.1 Å². The summed E-state index contributed by atoms with van der Waals surface area (Å²) in [6, 6.07) is 15.5. The van der Waals surface area contributed by atoms with Gasteiger partial charge in [0.05, 0.1) is 16.2 Å². The average Bonchev–Trinajstić information content (AvgIpc) is 2.85. The fourth-order valence-electron chi connectivity index (χ4n) is 2.04. The molecule has 0 aliphatic carbocycles. The van der Waals surface area contributed by atoms with Crippen molar-refractivity contribution in [3.8, 4) is 0 Å². The van der Waals surface area contributed by atoms with Gasteiger partial charge in [-0.2, -0.15) is 0 Å². The molecule has 1 N–H and O–H groups in total. The Morgan fingerprint density at radius 1 is 1.11 bits per heavy atom. The Morgan fingerprint density at radius 2 is 1.84 bits per heavy atom. The van der Waals surface area contributed by atoms with E-state index >= 15 is 0 Å². The molecule has 0 spiro atoms. The lowest BCUT2D eigenvalue weighted by Gasteiger charge is -2.16. The molecule has 4 nitrogen and oxygen atoms in total. The summed E-state index contributed by atoms with van der Waals surface area (Å²) in [6.45, 7) is 2.02. The molecule has 0 fully saturated rings. The monoisotopic (exact) mass is 272 g/mol. The SMILES string of the molecule is CC(Nc1ccccc1Cl)n1nnc2ccccc21. The molecule has 0 saturated carbocycles. The van der Waals surface area contributed by atoms with Gasteiger partial charge in [0, 0.05) is 0 Å². The lowest BCUT2D eigenvalue weighted by atomic mass is 10.3. The molecule has 2 aromatic carbocycles. The summed E-state index contributed by atoms with van der Waals surface area (Å²) in [5.74, 6) is 0. The van der Waals surface area contributed by atoms with E-state index in [0.29, 0.717) is 5.02 Å². The fraction of sp³-hybridized carbons (Fsp3) is 0.143. The molecule has 19 heavy (non-hydrogen) atoms. The van der Waals surface area contributed by atoms with E-state index in [2.05, 4.69) is 15.6 Å². The standard InChI is InChI=1S/C14H13ClN4/c1-10(16-12-7-3-2-6-11(12)15)19-14-9-5-4-8-13(14)17-18-19/h2-10,16H,1H3. The zero-order valence-corrected chi connectivity index (χ0v) is 11.2. The molecule has 1 aromatic heterocycles. The third-order valence-electron chi connectivity index (χ3n) is 2.98. The molecular weight excluding hydrogens is 260 g/mol. The van der Waals surface area contributed by atoms with E-state index < -0.39 is 0 Å². The van der Waals surface area contributed by atoms with Crippen molar-refractivity contribution in [2.24, 2.45) is 0 Å². The van der Waals surface area contributed by atoms with Gasteiger partial charge >= 0.3 is 0 Å². The zero-order chi connectivity index (χ0) is 13.2. The van der Waals surface area contributed by atoms with Crippen LogP contribution in [-0.2, 0) is 0 Å². The van der Waals surface area contributed by atoms with E-state index in [1.807, 2.05) is 60.1 Å². The summed E-state index contributed by atoms with van der Waals surface area (Å²) in [5.41, 5.74) is 2.76. The van der Waals surface area contributed by atoms with Crippen LogP contribution in [-0.4, -0.2) is 15.0 Å². The number of aromatic nitrogens is 3. The Kier molecular flexibility index (Phi) is 3.09. The van der Waals surface area contributed by atoms with Crippen molar-refractivity contribution >= 4 is 28.3 Å². The minimum absolute atomic E-state index is 0.0349. The van der Waals surface area contributed by atoms with Gasteiger partial charge in [0.25, 0.3) is 0 Å². The van der Waals surface area contributed by atoms with Crippen molar-refractivity contribution in [1.82, 2.24) is 15.0 Å². The van der Waals surface area contributed by atoms with Gasteiger partial charge < -0.3 is 5.32 Å². The van der Waals surface area contributed by atoms with Gasteiger partial charge in [0.1, 0.15) is 11.7 Å². The van der Waals surface area contributed by atoms with E-state index in [4.69, 9.17) is 11.6 Å². The Bertz CT molecular complexity index is 707. The van der Waals surface area contributed by atoms with Crippen LogP contribution in [0.1, 0.15) is 13.1 Å². The summed E-state index contributed by atoms with van der Waals surface area (Å²) in [5, 5.41) is 12.4. The number of halogens is 1. The van der Waals surface area contributed by atoms with E-state index in [1.165, 1.54) is 0 Å². The van der Waals surface area contributed by atoms with Gasteiger partial charge in [0.2, 0.25) is 0 Å². The molecule has 0 amide bonds. The predicted octanol–water partition coefficient (Wildman–Crippen LogP) is 3.72. The molecule has 5 heteroatoms. The second-order valence-corrected chi connectivity index (χ2v) is 4.73. The molecule has 3 aromatic rings. The van der Waals surface area contributed by atoms with Crippen LogP contribution < -0.4 is 5.32 Å². The Hall–Kier alpha value is -2.07. The van der Waals surface area contributed by atoms with Gasteiger partial charge in [-0.05, 0) is 31.2 Å². The van der Waals surface area contributed by atoms with Crippen molar-refractivity contribution < 1.29 is 0 Å². The number of nitrogens with zero attached hydrogens (tertiary/aromatic N) is 3. The number of hydrogen-bond acceptors (Lipinski definition) is 3. The van der Waals surface area contributed by atoms with Gasteiger partial charge in [-0.3, -0.25) is 0 Å². The van der Waals surface area contributed by atoms with E-state index in [9.17, 15) is 0 Å². The van der Waals surface area contributed by atoms with Crippen molar-refractivity contribution in [3.63, 3.8) is 0 Å². The quantitative estimate of drug-likeness (QED) is 0.790. The summed E-state index contributed by atoms with van der Waals surface area (Å²) in [6.07, 6.45) is -0.0349.